The molecule has 0 saturated carbocycles. The Morgan fingerprint density at radius 3 is 3.23 bits per heavy atom. The summed E-state index contributed by atoms with van der Waals surface area (Å²) in [6, 6.07) is 1.88. The van der Waals surface area contributed by atoms with Gasteiger partial charge in [0.15, 0.2) is 6.29 Å². The number of carbonyl (C=O) groups is 1. The molecule has 2 rings (SSSR count). The van der Waals surface area contributed by atoms with Crippen molar-refractivity contribution in [1.29, 1.82) is 0 Å². The lowest BCUT2D eigenvalue weighted by molar-refractivity contribution is 0.112. The van der Waals surface area contributed by atoms with Crippen LogP contribution in [0.1, 0.15) is 26.5 Å². The Labute approximate surface area is 86.0 Å². The van der Waals surface area contributed by atoms with Crippen molar-refractivity contribution >= 4 is 34.8 Å². The first-order valence-corrected chi connectivity index (χ1v) is 5.40. The van der Waals surface area contributed by atoms with Crippen molar-refractivity contribution in [1.82, 2.24) is 5.32 Å². The molecule has 1 aliphatic heterocycles. The Bertz CT molecular complexity index is 356. The predicted octanol–water partition coefficient (Wildman–Crippen LogP) is 1.77. The molecule has 1 aromatic rings. The second-order valence-corrected chi connectivity index (χ2v) is 4.54. The standard InChI is InChI=1S/C9H9NOS2/c11-5-6-4-7-8(13-6)2-1-3-10-9(7)12/h4-5H,1-3H2,(H,10,12). The van der Waals surface area contributed by atoms with Crippen LogP contribution in [0.4, 0.5) is 0 Å². The van der Waals surface area contributed by atoms with E-state index in [1.807, 2.05) is 6.07 Å². The molecule has 1 N–H and O–H groups in total. The molecule has 2 heterocycles. The molecule has 1 aromatic heterocycles. The minimum absolute atomic E-state index is 0.774. The molecule has 13 heavy (non-hydrogen) atoms. The third kappa shape index (κ3) is 1.64. The third-order valence-electron chi connectivity index (χ3n) is 2.06. The highest BCUT2D eigenvalue weighted by Crippen LogP contribution is 2.24. The van der Waals surface area contributed by atoms with E-state index in [2.05, 4.69) is 5.32 Å². The lowest BCUT2D eigenvalue weighted by Crippen LogP contribution is -2.21. The van der Waals surface area contributed by atoms with Crippen molar-refractivity contribution in [3.8, 4) is 0 Å². The first kappa shape index (κ1) is 8.84. The summed E-state index contributed by atoms with van der Waals surface area (Å²) < 4.78 is 0. The van der Waals surface area contributed by atoms with Crippen molar-refractivity contribution in [3.05, 3.63) is 21.4 Å². The molecular formula is C9H9NOS2. The maximum absolute atomic E-state index is 10.6. The van der Waals surface area contributed by atoms with Crippen LogP contribution >= 0.6 is 23.6 Å². The Morgan fingerprint density at radius 1 is 1.62 bits per heavy atom. The fourth-order valence-electron chi connectivity index (χ4n) is 1.43. The summed E-state index contributed by atoms with van der Waals surface area (Å²) in [4.78, 5) is 13.4. The summed E-state index contributed by atoms with van der Waals surface area (Å²) in [5.41, 5.74) is 1.06. The van der Waals surface area contributed by atoms with Crippen LogP contribution in [-0.2, 0) is 6.42 Å². The van der Waals surface area contributed by atoms with E-state index in [0.717, 1.165) is 41.1 Å². The van der Waals surface area contributed by atoms with Gasteiger partial charge in [-0.3, -0.25) is 4.79 Å². The van der Waals surface area contributed by atoms with E-state index in [1.54, 1.807) is 11.3 Å². The van der Waals surface area contributed by atoms with E-state index in [4.69, 9.17) is 12.2 Å². The van der Waals surface area contributed by atoms with Gasteiger partial charge in [0.05, 0.1) is 4.88 Å². The van der Waals surface area contributed by atoms with Crippen LogP contribution in [-0.4, -0.2) is 17.8 Å². The molecular weight excluding hydrogens is 202 g/mol. The second kappa shape index (κ2) is 3.55. The van der Waals surface area contributed by atoms with Gasteiger partial charge in [-0.15, -0.1) is 11.3 Å². The number of aldehydes is 1. The molecule has 0 saturated heterocycles. The molecule has 0 fully saturated rings. The summed E-state index contributed by atoms with van der Waals surface area (Å²) in [6.07, 6.45) is 3.01. The zero-order valence-electron chi connectivity index (χ0n) is 7.00. The molecule has 0 amide bonds. The van der Waals surface area contributed by atoms with E-state index in [9.17, 15) is 4.79 Å². The monoisotopic (exact) mass is 211 g/mol. The van der Waals surface area contributed by atoms with E-state index in [0.29, 0.717) is 0 Å². The van der Waals surface area contributed by atoms with Crippen LogP contribution in [0, 0.1) is 0 Å². The van der Waals surface area contributed by atoms with Gasteiger partial charge in [0.1, 0.15) is 4.99 Å². The van der Waals surface area contributed by atoms with Gasteiger partial charge < -0.3 is 5.32 Å². The number of fused-ring (bicyclic) bond motifs is 1. The van der Waals surface area contributed by atoms with Gasteiger partial charge in [0.25, 0.3) is 0 Å². The second-order valence-electron chi connectivity index (χ2n) is 2.96. The predicted molar refractivity (Wildman–Crippen MR) is 57.7 cm³/mol. The maximum Gasteiger partial charge on any atom is 0.160 e. The fourth-order valence-corrected chi connectivity index (χ4v) is 2.81. The number of hydrogen-bond donors (Lipinski definition) is 1. The number of hydrogen-bond acceptors (Lipinski definition) is 3. The summed E-state index contributed by atoms with van der Waals surface area (Å²) in [7, 11) is 0. The van der Waals surface area contributed by atoms with Crippen LogP contribution in [0.2, 0.25) is 0 Å². The summed E-state index contributed by atoms with van der Waals surface area (Å²) in [5, 5.41) is 3.16. The zero-order valence-corrected chi connectivity index (χ0v) is 8.63. The fraction of sp³-hybridized carbons (Fsp3) is 0.333. The van der Waals surface area contributed by atoms with Crippen molar-refractivity contribution in [2.45, 2.75) is 12.8 Å². The van der Waals surface area contributed by atoms with E-state index in [-0.39, 0.29) is 0 Å². The normalized spacial score (nSPS) is 15.8. The smallest absolute Gasteiger partial charge is 0.160 e. The lowest BCUT2D eigenvalue weighted by atomic mass is 10.2. The molecule has 0 unspecified atom stereocenters. The number of rotatable bonds is 1. The summed E-state index contributed by atoms with van der Waals surface area (Å²) >= 11 is 6.74. The molecule has 0 radical (unpaired) electrons. The quantitative estimate of drug-likeness (QED) is 0.567. The van der Waals surface area contributed by atoms with E-state index < -0.39 is 0 Å². The van der Waals surface area contributed by atoms with Crippen LogP contribution in [0.3, 0.4) is 0 Å². The van der Waals surface area contributed by atoms with Gasteiger partial charge in [-0.2, -0.15) is 0 Å². The molecule has 0 atom stereocenters. The Balaban J connectivity index is 2.44. The van der Waals surface area contributed by atoms with E-state index in [1.165, 1.54) is 4.88 Å². The van der Waals surface area contributed by atoms with Crippen LogP contribution < -0.4 is 5.32 Å². The molecule has 4 heteroatoms. The van der Waals surface area contributed by atoms with Gasteiger partial charge in [0, 0.05) is 17.0 Å². The lowest BCUT2D eigenvalue weighted by Gasteiger charge is -2.00. The first-order valence-electron chi connectivity index (χ1n) is 4.17. The largest absolute Gasteiger partial charge is 0.376 e. The highest BCUT2D eigenvalue weighted by atomic mass is 32.1. The molecule has 0 aromatic carbocycles. The highest BCUT2D eigenvalue weighted by molar-refractivity contribution is 7.80. The number of thiophene rings is 1. The van der Waals surface area contributed by atoms with Crippen LogP contribution in [0.15, 0.2) is 6.07 Å². The first-order chi connectivity index (χ1) is 6.31. The molecule has 1 aliphatic rings. The Kier molecular flexibility index (Phi) is 2.42. The molecule has 2 nitrogen and oxygen atoms in total. The highest BCUT2D eigenvalue weighted by Gasteiger charge is 2.15. The molecule has 0 bridgehead atoms. The van der Waals surface area contributed by atoms with Gasteiger partial charge in [-0.05, 0) is 18.9 Å². The Morgan fingerprint density at radius 2 is 2.46 bits per heavy atom. The van der Waals surface area contributed by atoms with Crippen LogP contribution in [0.25, 0.3) is 0 Å². The van der Waals surface area contributed by atoms with Crippen molar-refractivity contribution in [3.63, 3.8) is 0 Å². The molecule has 0 aliphatic carbocycles. The molecule has 0 spiro atoms. The number of aryl methyl sites for hydroxylation is 1. The van der Waals surface area contributed by atoms with Gasteiger partial charge in [0.2, 0.25) is 0 Å². The van der Waals surface area contributed by atoms with Gasteiger partial charge in [-0.1, -0.05) is 12.2 Å². The summed E-state index contributed by atoms with van der Waals surface area (Å²) in [6.45, 7) is 0.941. The average molecular weight is 211 g/mol. The van der Waals surface area contributed by atoms with Gasteiger partial charge in [-0.25, -0.2) is 0 Å². The number of thiocarbonyl (C=S) groups is 1. The Hall–Kier alpha value is -0.740. The number of carbonyl (C=O) groups excluding carboxylic acids is 1. The number of nitrogens with one attached hydrogen (secondary N) is 1. The minimum atomic E-state index is 0.774. The van der Waals surface area contributed by atoms with Gasteiger partial charge >= 0.3 is 0 Å². The van der Waals surface area contributed by atoms with E-state index >= 15 is 0 Å². The summed E-state index contributed by atoms with van der Waals surface area (Å²) in [5.74, 6) is 0. The topological polar surface area (TPSA) is 29.1 Å². The SMILES string of the molecule is O=Cc1cc2c(s1)CCCNC2=S. The van der Waals surface area contributed by atoms with Crippen molar-refractivity contribution in [2.75, 3.05) is 6.54 Å². The third-order valence-corrected chi connectivity index (χ3v) is 3.54. The van der Waals surface area contributed by atoms with Crippen molar-refractivity contribution in [2.24, 2.45) is 0 Å². The minimum Gasteiger partial charge on any atom is -0.376 e. The maximum atomic E-state index is 10.6. The van der Waals surface area contributed by atoms with Crippen molar-refractivity contribution < 1.29 is 4.79 Å². The average Bonchev–Trinajstić information content (AvgIpc) is 2.48. The zero-order chi connectivity index (χ0) is 9.26. The van der Waals surface area contributed by atoms with Crippen LogP contribution in [0.5, 0.6) is 0 Å². The molecule has 68 valence electrons.